The van der Waals surface area contributed by atoms with Gasteiger partial charge in [-0.25, -0.2) is 4.39 Å². The Kier molecular flexibility index (Phi) is 4.07. The van der Waals surface area contributed by atoms with Gasteiger partial charge >= 0.3 is 0 Å². The van der Waals surface area contributed by atoms with Gasteiger partial charge < -0.3 is 15.0 Å². The summed E-state index contributed by atoms with van der Waals surface area (Å²) >= 11 is 0. The number of hydrogen-bond donors (Lipinski definition) is 1. The highest BCUT2D eigenvalue weighted by atomic mass is 19.1. The van der Waals surface area contributed by atoms with Gasteiger partial charge in [0.1, 0.15) is 11.6 Å². The summed E-state index contributed by atoms with van der Waals surface area (Å²) in [5.74, 6) is 0.288. The molecule has 0 bridgehead atoms. The Bertz CT molecular complexity index is 411. The van der Waals surface area contributed by atoms with Crippen molar-refractivity contribution in [3.8, 4) is 5.75 Å². The summed E-state index contributed by atoms with van der Waals surface area (Å²) in [6.45, 7) is 3.30. The number of anilines is 1. The molecule has 2 unspecified atom stereocenters. The highest BCUT2D eigenvalue weighted by Crippen LogP contribution is 2.24. The summed E-state index contributed by atoms with van der Waals surface area (Å²) in [5, 5.41) is 3.40. The Morgan fingerprint density at radius 1 is 1.39 bits per heavy atom. The summed E-state index contributed by atoms with van der Waals surface area (Å²) in [5.41, 5.74) is 0.800. The second kappa shape index (κ2) is 5.57. The van der Waals surface area contributed by atoms with Crippen LogP contribution in [0.15, 0.2) is 18.2 Å². The van der Waals surface area contributed by atoms with Crippen molar-refractivity contribution < 1.29 is 9.13 Å². The molecule has 18 heavy (non-hydrogen) atoms. The molecule has 0 spiro atoms. The Balaban J connectivity index is 2.03. The van der Waals surface area contributed by atoms with E-state index in [0.717, 1.165) is 25.1 Å². The molecule has 2 rings (SSSR count). The van der Waals surface area contributed by atoms with Crippen molar-refractivity contribution in [2.75, 3.05) is 26.0 Å². The van der Waals surface area contributed by atoms with Crippen molar-refractivity contribution in [2.24, 2.45) is 0 Å². The van der Waals surface area contributed by atoms with Crippen molar-refractivity contribution >= 4 is 5.69 Å². The topological polar surface area (TPSA) is 24.5 Å². The van der Waals surface area contributed by atoms with Gasteiger partial charge in [-0.3, -0.25) is 0 Å². The van der Waals surface area contributed by atoms with E-state index in [1.54, 1.807) is 7.11 Å². The van der Waals surface area contributed by atoms with E-state index in [4.69, 9.17) is 4.74 Å². The first-order valence-electron chi connectivity index (χ1n) is 6.40. The predicted molar refractivity (Wildman–Crippen MR) is 71.7 cm³/mol. The number of methoxy groups -OCH3 is 1. The van der Waals surface area contributed by atoms with Gasteiger partial charge in [-0.05, 0) is 32.9 Å². The maximum absolute atomic E-state index is 13.4. The molecule has 1 aromatic rings. The number of ether oxygens (including phenoxy) is 1. The third-order valence-electron chi connectivity index (χ3n) is 3.69. The lowest BCUT2D eigenvalue weighted by Gasteiger charge is -2.35. The van der Waals surface area contributed by atoms with Gasteiger partial charge in [0.15, 0.2) is 0 Å². The molecule has 0 saturated carbocycles. The first-order valence-corrected chi connectivity index (χ1v) is 6.40. The van der Waals surface area contributed by atoms with Gasteiger partial charge in [-0.2, -0.15) is 0 Å². The Morgan fingerprint density at radius 2 is 2.17 bits per heavy atom. The van der Waals surface area contributed by atoms with Crippen LogP contribution >= 0.6 is 0 Å². The molecule has 1 aliphatic rings. The van der Waals surface area contributed by atoms with Crippen LogP contribution in [0.1, 0.15) is 19.8 Å². The zero-order valence-corrected chi connectivity index (χ0v) is 11.2. The van der Waals surface area contributed by atoms with Gasteiger partial charge in [0.2, 0.25) is 0 Å². The monoisotopic (exact) mass is 252 g/mol. The van der Waals surface area contributed by atoms with Crippen LogP contribution in [0.25, 0.3) is 0 Å². The zero-order valence-electron chi connectivity index (χ0n) is 11.2. The average molecular weight is 252 g/mol. The second-order valence-corrected chi connectivity index (χ2v) is 5.07. The number of nitrogens with zero attached hydrogens (tertiary/aromatic N) is 1. The number of likely N-dealkylation sites (tertiary alicyclic amines) is 1. The van der Waals surface area contributed by atoms with Crippen LogP contribution in [0, 0.1) is 5.82 Å². The fourth-order valence-electron chi connectivity index (χ4n) is 2.42. The molecule has 1 heterocycles. The summed E-state index contributed by atoms with van der Waals surface area (Å²) < 4.78 is 18.5. The van der Waals surface area contributed by atoms with E-state index in [1.165, 1.54) is 12.1 Å². The van der Waals surface area contributed by atoms with Crippen molar-refractivity contribution in [1.82, 2.24) is 4.90 Å². The third-order valence-corrected chi connectivity index (χ3v) is 3.69. The average Bonchev–Trinajstić information content (AvgIpc) is 2.33. The minimum atomic E-state index is -0.266. The number of rotatable bonds is 3. The van der Waals surface area contributed by atoms with Crippen LogP contribution in [0.3, 0.4) is 0 Å². The molecule has 1 aliphatic heterocycles. The zero-order chi connectivity index (χ0) is 13.1. The second-order valence-electron chi connectivity index (χ2n) is 5.07. The van der Waals surface area contributed by atoms with E-state index in [0.29, 0.717) is 17.8 Å². The van der Waals surface area contributed by atoms with Gasteiger partial charge in [0, 0.05) is 36.4 Å². The Morgan fingerprint density at radius 3 is 2.83 bits per heavy atom. The standard InChI is InChI=1S/C14H21FN2O/c1-10-6-12(4-5-17(10)2)16-13-7-11(15)8-14(9-13)18-3/h7-10,12,16H,4-6H2,1-3H3. The van der Waals surface area contributed by atoms with Crippen molar-refractivity contribution in [2.45, 2.75) is 31.8 Å². The van der Waals surface area contributed by atoms with Crippen molar-refractivity contribution in [3.63, 3.8) is 0 Å². The van der Waals surface area contributed by atoms with Gasteiger partial charge in [-0.15, -0.1) is 0 Å². The highest BCUT2D eigenvalue weighted by molar-refractivity contribution is 5.49. The molecule has 1 saturated heterocycles. The molecule has 0 aliphatic carbocycles. The van der Waals surface area contributed by atoms with E-state index in [-0.39, 0.29) is 5.82 Å². The minimum absolute atomic E-state index is 0.266. The number of piperidine rings is 1. The molecule has 0 radical (unpaired) electrons. The van der Waals surface area contributed by atoms with Gasteiger partial charge in [0.05, 0.1) is 7.11 Å². The molecule has 2 atom stereocenters. The number of benzene rings is 1. The molecule has 4 heteroatoms. The number of halogens is 1. The predicted octanol–water partition coefficient (Wildman–Crippen LogP) is 2.73. The van der Waals surface area contributed by atoms with Crippen molar-refractivity contribution in [3.05, 3.63) is 24.0 Å². The van der Waals surface area contributed by atoms with E-state index < -0.39 is 0 Å². The Labute approximate surface area is 108 Å². The van der Waals surface area contributed by atoms with Crippen LogP contribution in [0.2, 0.25) is 0 Å². The van der Waals surface area contributed by atoms with Crippen LogP contribution < -0.4 is 10.1 Å². The lowest BCUT2D eigenvalue weighted by Crippen LogP contribution is -2.42. The smallest absolute Gasteiger partial charge is 0.128 e. The first-order chi connectivity index (χ1) is 8.58. The quantitative estimate of drug-likeness (QED) is 0.895. The maximum Gasteiger partial charge on any atom is 0.128 e. The summed E-state index contributed by atoms with van der Waals surface area (Å²) in [6.07, 6.45) is 2.16. The summed E-state index contributed by atoms with van der Waals surface area (Å²) in [6, 6.07) is 5.72. The van der Waals surface area contributed by atoms with Gasteiger partial charge in [-0.1, -0.05) is 0 Å². The number of nitrogens with one attached hydrogen (secondary N) is 1. The fourth-order valence-corrected chi connectivity index (χ4v) is 2.42. The maximum atomic E-state index is 13.4. The lowest BCUT2D eigenvalue weighted by atomic mass is 9.98. The lowest BCUT2D eigenvalue weighted by molar-refractivity contribution is 0.190. The molecule has 1 fully saturated rings. The first kappa shape index (κ1) is 13.1. The van der Waals surface area contributed by atoms with Crippen molar-refractivity contribution in [1.29, 1.82) is 0 Å². The molecule has 0 aromatic heterocycles. The molecule has 1 aromatic carbocycles. The fraction of sp³-hybridized carbons (Fsp3) is 0.571. The SMILES string of the molecule is COc1cc(F)cc(NC2CCN(C)C(C)C2)c1. The third kappa shape index (κ3) is 3.13. The van der Waals surface area contributed by atoms with Gasteiger partial charge in [0.25, 0.3) is 0 Å². The van der Waals surface area contributed by atoms with E-state index >= 15 is 0 Å². The normalized spacial score (nSPS) is 24.9. The van der Waals surface area contributed by atoms with E-state index in [2.05, 4.69) is 24.2 Å². The molecule has 1 N–H and O–H groups in total. The molecule has 0 amide bonds. The largest absolute Gasteiger partial charge is 0.497 e. The molecule has 3 nitrogen and oxygen atoms in total. The number of hydrogen-bond acceptors (Lipinski definition) is 3. The minimum Gasteiger partial charge on any atom is -0.497 e. The van der Waals surface area contributed by atoms with Crippen LogP contribution in [-0.4, -0.2) is 37.7 Å². The molecular formula is C14H21FN2O. The summed E-state index contributed by atoms with van der Waals surface area (Å²) in [4.78, 5) is 2.35. The van der Waals surface area contributed by atoms with Crippen LogP contribution in [0.4, 0.5) is 10.1 Å². The van der Waals surface area contributed by atoms with Crippen LogP contribution in [-0.2, 0) is 0 Å². The van der Waals surface area contributed by atoms with Crippen LogP contribution in [0.5, 0.6) is 5.75 Å². The highest BCUT2D eigenvalue weighted by Gasteiger charge is 2.22. The molecular weight excluding hydrogens is 231 g/mol. The molecule has 100 valence electrons. The van der Waals surface area contributed by atoms with E-state index in [1.807, 2.05) is 6.07 Å². The summed E-state index contributed by atoms with van der Waals surface area (Å²) in [7, 11) is 3.70. The Hall–Kier alpha value is -1.29. The van der Waals surface area contributed by atoms with E-state index in [9.17, 15) is 4.39 Å².